The molecule has 9 aromatic carbocycles. The van der Waals surface area contributed by atoms with E-state index in [4.69, 9.17) is 59.7 Å². The number of carbonyl (C=O) groups excluding carboxylic acids is 6. The second-order valence-electron chi connectivity index (χ2n) is 25.3. The van der Waals surface area contributed by atoms with Gasteiger partial charge in [-0.1, -0.05) is 84.9 Å². The second-order valence-corrected chi connectivity index (χ2v) is 26.2. The fourth-order valence-corrected chi connectivity index (χ4v) is 12.6. The van der Waals surface area contributed by atoms with Crippen LogP contribution in [0.3, 0.4) is 0 Å². The maximum Gasteiger partial charge on any atom is 0.347 e. The zero-order valence-electron chi connectivity index (χ0n) is 64.1. The number of phenolic OH excluding ortho intramolecular Hbond substituents is 1. The molecule has 16 rings (SSSR count). The first-order chi connectivity index (χ1) is 57.0. The van der Waals surface area contributed by atoms with Gasteiger partial charge in [0.05, 0.1) is 56.3 Å². The van der Waals surface area contributed by atoms with Gasteiger partial charge in [0, 0.05) is 87.6 Å². The molecule has 0 unspecified atom stereocenters. The molecule has 0 aliphatic rings. The molecule has 0 atom stereocenters. The number of rotatable bonds is 21. The number of para-hydroxylation sites is 1. The van der Waals surface area contributed by atoms with Gasteiger partial charge in [0.25, 0.3) is 0 Å². The molecule has 594 valence electrons. The van der Waals surface area contributed by atoms with Gasteiger partial charge in [0.2, 0.25) is 11.6 Å². The summed E-state index contributed by atoms with van der Waals surface area (Å²) in [6, 6.07) is 64.2. The van der Waals surface area contributed by atoms with Crippen LogP contribution in [0.5, 0.6) is 46.0 Å². The summed E-state index contributed by atoms with van der Waals surface area (Å²) in [6.45, 7) is 10.5. The van der Waals surface area contributed by atoms with E-state index in [0.29, 0.717) is 132 Å². The van der Waals surface area contributed by atoms with Crippen LogP contribution >= 0.6 is 11.3 Å². The number of benzene rings is 9. The third kappa shape index (κ3) is 19.3. The van der Waals surface area contributed by atoms with E-state index < -0.39 is 45.7 Å². The monoisotopic (exact) mass is 1610 g/mol. The topological polar surface area (TPSA) is 351 Å². The summed E-state index contributed by atoms with van der Waals surface area (Å²) in [5.41, 5.74) is -0.401. The molecule has 0 saturated carbocycles. The van der Waals surface area contributed by atoms with E-state index >= 15 is 0 Å². The highest BCUT2D eigenvalue weighted by atomic mass is 32.1. The minimum Gasteiger partial charge on any atom is -0.508 e. The molecule has 0 amide bonds. The molecule has 25 nitrogen and oxygen atoms in total. The molecule has 16 aromatic rings. The van der Waals surface area contributed by atoms with Gasteiger partial charge in [-0.2, -0.15) is 0 Å². The maximum atomic E-state index is 12.9. The molecule has 118 heavy (non-hydrogen) atoms. The molecular weight excluding hydrogens is 1540 g/mol. The first-order valence-corrected chi connectivity index (χ1v) is 37.3. The van der Waals surface area contributed by atoms with Crippen molar-refractivity contribution in [3.63, 3.8) is 0 Å². The Kier molecular flexibility index (Phi) is 26.1. The first-order valence-electron chi connectivity index (χ1n) is 36.5. The van der Waals surface area contributed by atoms with Gasteiger partial charge in [-0.15, -0.1) is 11.3 Å². The predicted molar refractivity (Wildman–Crippen MR) is 440 cm³/mol. The Morgan fingerprint density at radius 3 is 1.17 bits per heavy atom. The quantitative estimate of drug-likeness (QED) is 0.0302. The molecule has 0 aliphatic carbocycles. The minimum atomic E-state index is -0.742. The summed E-state index contributed by atoms with van der Waals surface area (Å²) in [4.78, 5) is 135. The Hall–Kier alpha value is -15.3. The van der Waals surface area contributed by atoms with Gasteiger partial charge >= 0.3 is 34.1 Å². The van der Waals surface area contributed by atoms with Crippen LogP contribution in [0, 0.1) is 0 Å². The second kappa shape index (κ2) is 37.6. The molecule has 26 heteroatoms. The van der Waals surface area contributed by atoms with Crippen molar-refractivity contribution in [2.75, 3.05) is 40.6 Å². The third-order valence-corrected chi connectivity index (χ3v) is 18.3. The summed E-state index contributed by atoms with van der Waals surface area (Å²) >= 11 is 1.28. The molecule has 0 spiro atoms. The SMILES string of the molecule is CC(=O)Oc1ccc2cc(C(=O)c3ccccc3)c(=O)oc2c1.CCOc1cc(OCC)c2cc(C(=O)c3cc4ccccc4o3)c(=O)oc2c1.CCOc1cc(OCC)c2cc(C(=O)c3cccs3)c(=O)oc2c1.COc1ccc(C(=O)c2cc3ccc(OC)cc3oc2=O)cc1.O=C(c1ccccc1)c1cc2ccc(O)cc2oc1=O. The number of esters is 1. The lowest BCUT2D eigenvalue weighted by Crippen LogP contribution is -2.14. The lowest BCUT2D eigenvalue weighted by atomic mass is 10.0. The zero-order chi connectivity index (χ0) is 83.7. The summed E-state index contributed by atoms with van der Waals surface area (Å²) in [5.74, 6) is 1.12. The van der Waals surface area contributed by atoms with Crippen molar-refractivity contribution < 1.29 is 93.5 Å². The van der Waals surface area contributed by atoms with Crippen LogP contribution in [0.25, 0.3) is 65.8 Å². The van der Waals surface area contributed by atoms with Crippen LogP contribution in [0.15, 0.2) is 292 Å². The smallest absolute Gasteiger partial charge is 0.347 e. The lowest BCUT2D eigenvalue weighted by molar-refractivity contribution is -0.131. The highest BCUT2D eigenvalue weighted by Gasteiger charge is 2.25. The van der Waals surface area contributed by atoms with E-state index in [9.17, 15) is 57.8 Å². The van der Waals surface area contributed by atoms with Crippen molar-refractivity contribution in [2.45, 2.75) is 34.6 Å². The van der Waals surface area contributed by atoms with E-state index in [1.165, 1.54) is 73.9 Å². The zero-order valence-corrected chi connectivity index (χ0v) is 64.9. The number of fused-ring (bicyclic) bond motifs is 6. The molecule has 0 saturated heterocycles. The molecule has 1 N–H and O–H groups in total. The highest BCUT2D eigenvalue weighted by Crippen LogP contribution is 2.35. The lowest BCUT2D eigenvalue weighted by Gasteiger charge is -2.11. The van der Waals surface area contributed by atoms with Gasteiger partial charge in [0.1, 0.15) is 107 Å². The van der Waals surface area contributed by atoms with E-state index in [2.05, 4.69) is 0 Å². The van der Waals surface area contributed by atoms with Crippen LogP contribution < -0.4 is 61.3 Å². The van der Waals surface area contributed by atoms with Crippen LogP contribution in [0.4, 0.5) is 0 Å². The van der Waals surface area contributed by atoms with Crippen LogP contribution in [-0.4, -0.2) is 80.6 Å². The number of ketones is 5. The average molecular weight is 1610 g/mol. The van der Waals surface area contributed by atoms with E-state index in [1.807, 2.05) is 45.9 Å². The molecule has 0 fully saturated rings. The van der Waals surface area contributed by atoms with Gasteiger partial charge in [-0.25, -0.2) is 24.0 Å². The van der Waals surface area contributed by atoms with Crippen molar-refractivity contribution in [1.82, 2.24) is 0 Å². The summed E-state index contributed by atoms with van der Waals surface area (Å²) in [7, 11) is 3.07. The molecule has 0 aliphatic heterocycles. The van der Waals surface area contributed by atoms with Crippen LogP contribution in [0.2, 0.25) is 0 Å². The van der Waals surface area contributed by atoms with Crippen molar-refractivity contribution in [1.29, 1.82) is 0 Å². The van der Waals surface area contributed by atoms with Gasteiger partial charge in [0.15, 0.2) is 23.1 Å². The maximum absolute atomic E-state index is 12.9. The number of methoxy groups -OCH3 is 2. The van der Waals surface area contributed by atoms with E-state index in [-0.39, 0.29) is 73.6 Å². The average Bonchev–Trinajstić information content (AvgIpc) is 1.37. The fraction of sp³-hybridized carbons (Fsp3) is 0.120. The number of hydrogen-bond donors (Lipinski definition) is 1. The van der Waals surface area contributed by atoms with Gasteiger partial charge < -0.3 is 64.8 Å². The number of carbonyl (C=O) groups is 6. The largest absolute Gasteiger partial charge is 0.508 e. The summed E-state index contributed by atoms with van der Waals surface area (Å²) in [6.07, 6.45) is 0. The number of aromatic hydroxyl groups is 1. The fourth-order valence-electron chi connectivity index (χ4n) is 12.0. The normalized spacial score (nSPS) is 10.7. The number of ether oxygens (including phenoxy) is 7. The highest BCUT2D eigenvalue weighted by molar-refractivity contribution is 7.12. The number of thiophene rings is 1. The van der Waals surface area contributed by atoms with Crippen LogP contribution in [-0.2, 0) is 4.79 Å². The standard InChI is InChI=1S/C22H18O6.C18H16O5S.C18H14O5.C18H12O5.C16H10O4/c1-3-25-14-10-18(26-4-2)15-12-16(22(24)28-19(15)11-14)21(23)20-9-13-7-5-6-8-17(13)27-20;1-3-21-11-8-14(22-4-2)12-10-13(18(20)23-15(12)9-11)17(19)16-6-5-7-24-16;1-21-13-6-3-11(4-7-13)17(19)15-9-12-5-8-14(22-2)10-16(12)23-18(15)20;1-11(19)22-14-8-7-13-9-15(18(21)23-16(13)10-14)17(20)12-5-3-2-4-6-12;17-12-7-6-11-8-13(16(19)20-14(11)9-12)15(18)10-4-2-1-3-5-10/h5-12H,3-4H2,1-2H3;5-10H,3-4H2,1-2H3;3-10H,1-2H3;2-10H,1H3;1-9,17H. The Bertz CT molecular complexity index is 6730. The molecule has 7 aromatic heterocycles. The van der Waals surface area contributed by atoms with E-state index in [0.717, 1.165) is 5.39 Å². The number of phenols is 1. The Morgan fingerprint density at radius 1 is 0.331 bits per heavy atom. The van der Waals surface area contributed by atoms with Gasteiger partial charge in [-0.05, 0) is 142 Å². The summed E-state index contributed by atoms with van der Waals surface area (Å²) < 4.78 is 69.2. The third-order valence-electron chi connectivity index (χ3n) is 17.5. The van der Waals surface area contributed by atoms with Crippen molar-refractivity contribution >= 4 is 112 Å². The molecular formula is C92H70O25S. The van der Waals surface area contributed by atoms with Crippen molar-refractivity contribution in [2.24, 2.45) is 0 Å². The molecule has 7 heterocycles. The Labute approximate surface area is 672 Å². The Morgan fingerprint density at radius 2 is 0.720 bits per heavy atom. The van der Waals surface area contributed by atoms with Crippen molar-refractivity contribution in [3.8, 4) is 46.0 Å². The minimum absolute atomic E-state index is 0.00258. The first kappa shape index (κ1) is 82.2. The van der Waals surface area contributed by atoms with Crippen LogP contribution in [0.1, 0.15) is 114 Å². The summed E-state index contributed by atoms with van der Waals surface area (Å²) in [5, 5.41) is 14.8. The predicted octanol–water partition coefficient (Wildman–Crippen LogP) is 17.2. The van der Waals surface area contributed by atoms with Gasteiger partial charge in [-0.3, -0.25) is 28.8 Å². The van der Waals surface area contributed by atoms with E-state index in [1.54, 1.807) is 182 Å². The number of furan rings is 1. The number of hydrogen-bond acceptors (Lipinski definition) is 26. The van der Waals surface area contributed by atoms with Crippen molar-refractivity contribution in [3.05, 3.63) is 349 Å². The molecule has 0 radical (unpaired) electrons. The Balaban J connectivity index is 0.000000136. The molecule has 0 bridgehead atoms.